The minimum Gasteiger partial charge on any atom is -0.486 e. The average Bonchev–Trinajstić information content (AvgIpc) is 2.55. The molecule has 5 nitrogen and oxygen atoms in total. The molecule has 1 heterocycles. The highest BCUT2D eigenvalue weighted by molar-refractivity contribution is 14.1. The van der Waals surface area contributed by atoms with E-state index in [0.717, 1.165) is 9.26 Å². The van der Waals surface area contributed by atoms with Crippen LogP contribution < -0.4 is 20.1 Å². The molecule has 0 saturated carbocycles. The smallest absolute Gasteiger partial charge is 0.257 e. The maximum absolute atomic E-state index is 12.1. The van der Waals surface area contributed by atoms with Crippen LogP contribution in [0.25, 0.3) is 0 Å². The standard InChI is InChI=1S/C16H13IN2O3S/c17-11-3-1-10(2-4-11)15(20)19-16(23)18-12-5-6-13-14(9-12)22-8-7-21-13/h1-6,9H,7-8H2,(H2,18,19,20,23). The normalized spacial score (nSPS) is 12.4. The summed E-state index contributed by atoms with van der Waals surface area (Å²) in [6, 6.07) is 12.7. The summed E-state index contributed by atoms with van der Waals surface area (Å²) in [5, 5.41) is 5.84. The fourth-order valence-electron chi connectivity index (χ4n) is 2.06. The molecule has 0 saturated heterocycles. The summed E-state index contributed by atoms with van der Waals surface area (Å²) in [4.78, 5) is 12.1. The van der Waals surface area contributed by atoms with E-state index in [1.807, 2.05) is 18.2 Å². The Labute approximate surface area is 152 Å². The number of carbonyl (C=O) groups is 1. The Morgan fingerprint density at radius 3 is 2.48 bits per heavy atom. The van der Waals surface area contributed by atoms with E-state index < -0.39 is 0 Å². The number of thiocarbonyl (C=S) groups is 1. The predicted octanol–water partition coefficient (Wildman–Crippen LogP) is 3.19. The first kappa shape index (κ1) is 16.0. The summed E-state index contributed by atoms with van der Waals surface area (Å²) in [6.45, 7) is 1.06. The molecule has 0 radical (unpaired) electrons. The lowest BCUT2D eigenvalue weighted by Crippen LogP contribution is -2.34. The lowest BCUT2D eigenvalue weighted by atomic mass is 10.2. The molecule has 0 unspecified atom stereocenters. The first-order valence-electron chi connectivity index (χ1n) is 6.89. The number of fused-ring (bicyclic) bond motifs is 1. The topological polar surface area (TPSA) is 59.6 Å². The minimum atomic E-state index is -0.253. The van der Waals surface area contributed by atoms with Gasteiger partial charge in [-0.3, -0.25) is 10.1 Å². The Morgan fingerprint density at radius 2 is 1.74 bits per heavy atom. The van der Waals surface area contributed by atoms with Crippen LogP contribution in [0, 0.1) is 3.57 Å². The lowest BCUT2D eigenvalue weighted by molar-refractivity contribution is 0.0977. The van der Waals surface area contributed by atoms with Crippen LogP contribution in [0.4, 0.5) is 5.69 Å². The van der Waals surface area contributed by atoms with E-state index in [4.69, 9.17) is 21.7 Å². The van der Waals surface area contributed by atoms with Crippen LogP contribution in [-0.2, 0) is 0 Å². The first-order chi connectivity index (χ1) is 11.1. The van der Waals surface area contributed by atoms with E-state index >= 15 is 0 Å². The second-order valence-corrected chi connectivity index (χ2v) is 6.43. The summed E-state index contributed by atoms with van der Waals surface area (Å²) in [5.74, 6) is 1.11. The number of hydrogen-bond acceptors (Lipinski definition) is 4. The molecule has 2 aromatic rings. The van der Waals surface area contributed by atoms with Gasteiger partial charge in [0.05, 0.1) is 0 Å². The van der Waals surface area contributed by atoms with Gasteiger partial charge in [0.15, 0.2) is 16.6 Å². The maximum atomic E-state index is 12.1. The molecule has 0 bridgehead atoms. The number of amides is 1. The number of anilines is 1. The van der Waals surface area contributed by atoms with E-state index in [1.54, 1.807) is 24.3 Å². The number of halogens is 1. The van der Waals surface area contributed by atoms with Gasteiger partial charge in [0.25, 0.3) is 5.91 Å². The van der Waals surface area contributed by atoms with Crippen LogP contribution in [0.2, 0.25) is 0 Å². The monoisotopic (exact) mass is 440 g/mol. The molecule has 1 aliphatic rings. The molecule has 2 aromatic carbocycles. The molecule has 1 aliphatic heterocycles. The van der Waals surface area contributed by atoms with Crippen molar-refractivity contribution in [2.75, 3.05) is 18.5 Å². The highest BCUT2D eigenvalue weighted by atomic mass is 127. The van der Waals surface area contributed by atoms with E-state index in [9.17, 15) is 4.79 Å². The molecular formula is C16H13IN2O3S. The van der Waals surface area contributed by atoms with Crippen molar-refractivity contribution in [3.63, 3.8) is 0 Å². The summed E-state index contributed by atoms with van der Waals surface area (Å²) in [6.07, 6.45) is 0. The number of benzene rings is 2. The van der Waals surface area contributed by atoms with Crippen molar-refractivity contribution < 1.29 is 14.3 Å². The van der Waals surface area contributed by atoms with Gasteiger partial charge in [-0.05, 0) is 71.2 Å². The predicted molar refractivity (Wildman–Crippen MR) is 100 cm³/mol. The molecule has 23 heavy (non-hydrogen) atoms. The van der Waals surface area contributed by atoms with Crippen LogP contribution in [0.3, 0.4) is 0 Å². The first-order valence-corrected chi connectivity index (χ1v) is 8.38. The summed E-state index contributed by atoms with van der Waals surface area (Å²) in [7, 11) is 0. The van der Waals surface area contributed by atoms with Crippen LogP contribution in [-0.4, -0.2) is 24.2 Å². The summed E-state index contributed by atoms with van der Waals surface area (Å²) in [5.41, 5.74) is 1.28. The van der Waals surface area contributed by atoms with Crippen LogP contribution in [0.5, 0.6) is 11.5 Å². The van der Waals surface area contributed by atoms with Gasteiger partial charge in [0, 0.05) is 20.9 Å². The molecule has 0 aliphatic carbocycles. The van der Waals surface area contributed by atoms with Crippen molar-refractivity contribution in [1.82, 2.24) is 5.32 Å². The SMILES string of the molecule is O=C(NC(=S)Nc1ccc2c(c1)OCCO2)c1ccc(I)cc1. The molecule has 0 atom stereocenters. The Bertz CT molecular complexity index is 749. The summed E-state index contributed by atoms with van der Waals surface area (Å²) < 4.78 is 12.0. The van der Waals surface area contributed by atoms with Gasteiger partial charge in [-0.25, -0.2) is 0 Å². The third-order valence-corrected chi connectivity index (χ3v) is 4.06. The number of ether oxygens (including phenoxy) is 2. The number of carbonyl (C=O) groups excluding carboxylic acids is 1. The van der Waals surface area contributed by atoms with E-state index in [1.165, 1.54) is 0 Å². The molecule has 0 spiro atoms. The van der Waals surface area contributed by atoms with Crippen molar-refractivity contribution in [1.29, 1.82) is 0 Å². The maximum Gasteiger partial charge on any atom is 0.257 e. The van der Waals surface area contributed by atoms with Crippen LogP contribution >= 0.6 is 34.8 Å². The summed E-state index contributed by atoms with van der Waals surface area (Å²) >= 11 is 7.36. The van der Waals surface area contributed by atoms with Crippen LogP contribution in [0.1, 0.15) is 10.4 Å². The zero-order valence-electron chi connectivity index (χ0n) is 12.0. The highest BCUT2D eigenvalue weighted by Crippen LogP contribution is 2.32. The third kappa shape index (κ3) is 4.11. The van der Waals surface area contributed by atoms with E-state index in [0.29, 0.717) is 30.3 Å². The van der Waals surface area contributed by atoms with E-state index in [-0.39, 0.29) is 11.0 Å². The number of rotatable bonds is 2. The Kier molecular flexibility index (Phi) is 4.97. The minimum absolute atomic E-state index is 0.227. The molecule has 7 heteroatoms. The largest absolute Gasteiger partial charge is 0.486 e. The van der Waals surface area contributed by atoms with Gasteiger partial charge >= 0.3 is 0 Å². The van der Waals surface area contributed by atoms with Crippen molar-refractivity contribution >= 4 is 51.5 Å². The van der Waals surface area contributed by atoms with Gasteiger partial charge in [-0.15, -0.1) is 0 Å². The second-order valence-electron chi connectivity index (χ2n) is 4.77. The molecule has 118 valence electrons. The fourth-order valence-corrected chi connectivity index (χ4v) is 2.63. The van der Waals surface area contributed by atoms with Gasteiger partial charge < -0.3 is 14.8 Å². The zero-order chi connectivity index (χ0) is 16.2. The Balaban J connectivity index is 1.63. The van der Waals surface area contributed by atoms with Gasteiger partial charge in [0.1, 0.15) is 13.2 Å². The van der Waals surface area contributed by atoms with Gasteiger partial charge in [-0.1, -0.05) is 0 Å². The van der Waals surface area contributed by atoms with E-state index in [2.05, 4.69) is 33.2 Å². The molecule has 3 rings (SSSR count). The van der Waals surface area contributed by atoms with Gasteiger partial charge in [-0.2, -0.15) is 0 Å². The van der Waals surface area contributed by atoms with Crippen LogP contribution in [0.15, 0.2) is 42.5 Å². The Morgan fingerprint density at radius 1 is 1.04 bits per heavy atom. The molecule has 1 amide bonds. The number of nitrogens with one attached hydrogen (secondary N) is 2. The lowest BCUT2D eigenvalue weighted by Gasteiger charge is -2.19. The zero-order valence-corrected chi connectivity index (χ0v) is 14.9. The quantitative estimate of drug-likeness (QED) is 0.555. The molecule has 0 fully saturated rings. The fraction of sp³-hybridized carbons (Fsp3) is 0.125. The van der Waals surface area contributed by atoms with Crippen molar-refractivity contribution in [3.8, 4) is 11.5 Å². The second kappa shape index (κ2) is 7.14. The molecular weight excluding hydrogens is 427 g/mol. The molecule has 2 N–H and O–H groups in total. The van der Waals surface area contributed by atoms with Gasteiger partial charge in [0.2, 0.25) is 0 Å². The average molecular weight is 440 g/mol. The number of hydrogen-bond donors (Lipinski definition) is 2. The Hall–Kier alpha value is -1.87. The third-order valence-electron chi connectivity index (χ3n) is 3.13. The molecule has 0 aromatic heterocycles. The highest BCUT2D eigenvalue weighted by Gasteiger charge is 2.13. The van der Waals surface area contributed by atoms with Crippen molar-refractivity contribution in [2.45, 2.75) is 0 Å². The van der Waals surface area contributed by atoms with Crippen molar-refractivity contribution in [3.05, 3.63) is 51.6 Å². The van der Waals surface area contributed by atoms with Crippen molar-refractivity contribution in [2.24, 2.45) is 0 Å².